The van der Waals surface area contributed by atoms with Crippen LogP contribution in [0.15, 0.2) is 22.7 Å². The second kappa shape index (κ2) is 5.07. The maximum absolute atomic E-state index is 10.5. The van der Waals surface area contributed by atoms with Crippen LogP contribution >= 0.6 is 11.3 Å². The Morgan fingerprint density at radius 3 is 2.94 bits per heavy atom. The first kappa shape index (κ1) is 11.7. The number of hydrogen-bond donors (Lipinski definition) is 1. The van der Waals surface area contributed by atoms with E-state index in [1.807, 2.05) is 6.92 Å². The van der Waals surface area contributed by atoms with Crippen molar-refractivity contribution in [3.8, 4) is 0 Å². The molecule has 0 amide bonds. The zero-order chi connectivity index (χ0) is 12.3. The van der Waals surface area contributed by atoms with E-state index < -0.39 is 0 Å². The van der Waals surface area contributed by atoms with Crippen molar-refractivity contribution in [3.05, 3.63) is 45.0 Å². The molecule has 0 aliphatic carbocycles. The summed E-state index contributed by atoms with van der Waals surface area (Å²) in [6.07, 6.45) is 1.66. The molecule has 2 heterocycles. The highest BCUT2D eigenvalue weighted by molar-refractivity contribution is 7.15. The number of rotatable bonds is 5. The van der Waals surface area contributed by atoms with E-state index >= 15 is 0 Å². The second-order valence-electron chi connectivity index (χ2n) is 3.47. The molecule has 7 heteroatoms. The molecule has 0 radical (unpaired) electrons. The molecule has 17 heavy (non-hydrogen) atoms. The van der Waals surface area contributed by atoms with Crippen LogP contribution in [-0.2, 0) is 13.1 Å². The highest BCUT2D eigenvalue weighted by atomic mass is 32.1. The fraction of sp³-hybridized carbons (Fsp3) is 0.300. The van der Waals surface area contributed by atoms with Gasteiger partial charge < -0.3 is 9.73 Å². The average Bonchev–Trinajstić information content (AvgIpc) is 2.88. The summed E-state index contributed by atoms with van der Waals surface area (Å²) in [5, 5.41) is 13.8. The van der Waals surface area contributed by atoms with Crippen LogP contribution in [0.4, 0.5) is 5.00 Å². The van der Waals surface area contributed by atoms with Crippen LogP contribution in [0.5, 0.6) is 0 Å². The van der Waals surface area contributed by atoms with Crippen molar-refractivity contribution < 1.29 is 9.34 Å². The summed E-state index contributed by atoms with van der Waals surface area (Å²) < 4.78 is 5.29. The third-order valence-electron chi connectivity index (χ3n) is 2.07. The second-order valence-corrected chi connectivity index (χ2v) is 4.61. The van der Waals surface area contributed by atoms with Gasteiger partial charge in [0.05, 0.1) is 17.7 Å². The lowest BCUT2D eigenvalue weighted by Crippen LogP contribution is -2.11. The number of thiophene rings is 1. The first-order valence-corrected chi connectivity index (χ1v) is 5.82. The summed E-state index contributed by atoms with van der Waals surface area (Å²) in [5.41, 5.74) is 0. The van der Waals surface area contributed by atoms with Crippen LogP contribution in [0.3, 0.4) is 0 Å². The minimum Gasteiger partial charge on any atom is -0.445 e. The Hall–Kier alpha value is -1.73. The van der Waals surface area contributed by atoms with Gasteiger partial charge in [0.1, 0.15) is 5.76 Å². The molecular formula is C10H11N3O3S. The van der Waals surface area contributed by atoms with Crippen molar-refractivity contribution in [3.63, 3.8) is 0 Å². The third-order valence-corrected chi connectivity index (χ3v) is 3.11. The molecule has 0 fully saturated rings. The normalized spacial score (nSPS) is 10.6. The molecule has 0 aliphatic heterocycles. The predicted molar refractivity (Wildman–Crippen MR) is 62.8 cm³/mol. The van der Waals surface area contributed by atoms with E-state index in [1.54, 1.807) is 12.3 Å². The van der Waals surface area contributed by atoms with Crippen LogP contribution in [0.25, 0.3) is 0 Å². The third kappa shape index (κ3) is 3.11. The van der Waals surface area contributed by atoms with E-state index in [4.69, 9.17) is 4.42 Å². The van der Waals surface area contributed by atoms with Gasteiger partial charge in [0.15, 0.2) is 0 Å². The lowest BCUT2D eigenvalue weighted by molar-refractivity contribution is -0.380. The molecule has 0 saturated heterocycles. The molecule has 0 spiro atoms. The van der Waals surface area contributed by atoms with E-state index in [0.717, 1.165) is 10.6 Å². The van der Waals surface area contributed by atoms with Gasteiger partial charge in [-0.3, -0.25) is 10.1 Å². The number of hydrogen-bond acceptors (Lipinski definition) is 6. The number of aromatic nitrogens is 1. The van der Waals surface area contributed by atoms with Gasteiger partial charge in [0, 0.05) is 17.5 Å². The maximum Gasteiger partial charge on any atom is 0.324 e. The predicted octanol–water partition coefficient (Wildman–Crippen LogP) is 2.24. The summed E-state index contributed by atoms with van der Waals surface area (Å²) in [6.45, 7) is 2.92. The zero-order valence-electron chi connectivity index (χ0n) is 9.17. The van der Waals surface area contributed by atoms with Crippen molar-refractivity contribution in [2.75, 3.05) is 0 Å². The summed E-state index contributed by atoms with van der Waals surface area (Å²) >= 11 is 1.17. The topological polar surface area (TPSA) is 81.2 Å². The van der Waals surface area contributed by atoms with E-state index in [0.29, 0.717) is 19.0 Å². The van der Waals surface area contributed by atoms with Crippen molar-refractivity contribution in [2.45, 2.75) is 20.0 Å². The molecule has 0 aliphatic rings. The van der Waals surface area contributed by atoms with Crippen molar-refractivity contribution in [1.29, 1.82) is 0 Å². The van der Waals surface area contributed by atoms with Crippen molar-refractivity contribution in [2.24, 2.45) is 0 Å². The quantitative estimate of drug-likeness (QED) is 0.652. The van der Waals surface area contributed by atoms with Gasteiger partial charge in [0.25, 0.3) is 0 Å². The van der Waals surface area contributed by atoms with E-state index in [2.05, 4.69) is 10.3 Å². The molecule has 90 valence electrons. The highest BCUT2D eigenvalue weighted by Crippen LogP contribution is 2.23. The Balaban J connectivity index is 1.83. The van der Waals surface area contributed by atoms with Gasteiger partial charge in [0.2, 0.25) is 5.89 Å². The van der Waals surface area contributed by atoms with Crippen LogP contribution in [0.1, 0.15) is 16.5 Å². The smallest absolute Gasteiger partial charge is 0.324 e. The lowest BCUT2D eigenvalue weighted by Gasteiger charge is -1.98. The number of nitrogens with zero attached hydrogens (tertiary/aromatic N) is 2. The number of aryl methyl sites for hydroxylation is 1. The number of nitro groups is 1. The standard InChI is InChI=1S/C10H11N3O3S/c1-7-4-12-9(16-7)6-11-5-8-2-3-10(17-8)13(14)15/h2-4,11H,5-6H2,1H3. The summed E-state index contributed by atoms with van der Waals surface area (Å²) in [4.78, 5) is 15.1. The molecule has 2 rings (SSSR count). The SMILES string of the molecule is Cc1cnc(CNCc2ccc([N+](=O)[O-])s2)o1. The summed E-state index contributed by atoms with van der Waals surface area (Å²) in [7, 11) is 0. The molecule has 6 nitrogen and oxygen atoms in total. The molecule has 0 aromatic carbocycles. The molecule has 2 aromatic heterocycles. The van der Waals surface area contributed by atoms with Crippen LogP contribution in [0.2, 0.25) is 0 Å². The molecule has 0 bridgehead atoms. The van der Waals surface area contributed by atoms with Gasteiger partial charge >= 0.3 is 5.00 Å². The van der Waals surface area contributed by atoms with Crippen LogP contribution in [-0.4, -0.2) is 9.91 Å². The van der Waals surface area contributed by atoms with Gasteiger partial charge in [-0.2, -0.15) is 0 Å². The van der Waals surface area contributed by atoms with Crippen molar-refractivity contribution >= 4 is 16.3 Å². The molecule has 1 N–H and O–H groups in total. The van der Waals surface area contributed by atoms with Gasteiger partial charge in [-0.05, 0) is 13.0 Å². The molecule has 2 aromatic rings. The number of nitrogens with one attached hydrogen (secondary N) is 1. The fourth-order valence-electron chi connectivity index (χ4n) is 1.34. The monoisotopic (exact) mass is 253 g/mol. The fourth-order valence-corrected chi connectivity index (χ4v) is 2.13. The van der Waals surface area contributed by atoms with Gasteiger partial charge in [-0.15, -0.1) is 0 Å². The van der Waals surface area contributed by atoms with Gasteiger partial charge in [-0.25, -0.2) is 4.98 Å². The van der Waals surface area contributed by atoms with Crippen LogP contribution < -0.4 is 5.32 Å². The average molecular weight is 253 g/mol. The maximum atomic E-state index is 10.5. The first-order chi connectivity index (χ1) is 8.15. The van der Waals surface area contributed by atoms with Crippen LogP contribution in [0, 0.1) is 17.0 Å². The zero-order valence-corrected chi connectivity index (χ0v) is 9.99. The van der Waals surface area contributed by atoms with Gasteiger partial charge in [-0.1, -0.05) is 11.3 Å². The Labute approximate surface area is 101 Å². The molecular weight excluding hydrogens is 242 g/mol. The summed E-state index contributed by atoms with van der Waals surface area (Å²) in [5.74, 6) is 1.39. The minimum atomic E-state index is -0.383. The molecule has 0 atom stereocenters. The Kier molecular flexibility index (Phi) is 3.50. The lowest BCUT2D eigenvalue weighted by atomic mass is 10.4. The highest BCUT2D eigenvalue weighted by Gasteiger charge is 2.09. The Morgan fingerprint density at radius 1 is 1.53 bits per heavy atom. The molecule has 0 unspecified atom stereocenters. The van der Waals surface area contributed by atoms with E-state index in [9.17, 15) is 10.1 Å². The van der Waals surface area contributed by atoms with Crippen molar-refractivity contribution in [1.82, 2.24) is 10.3 Å². The number of oxazole rings is 1. The Morgan fingerprint density at radius 2 is 2.35 bits per heavy atom. The first-order valence-electron chi connectivity index (χ1n) is 5.00. The van der Waals surface area contributed by atoms with E-state index in [1.165, 1.54) is 17.4 Å². The molecule has 0 saturated carbocycles. The van der Waals surface area contributed by atoms with E-state index in [-0.39, 0.29) is 9.92 Å². The largest absolute Gasteiger partial charge is 0.445 e. The minimum absolute atomic E-state index is 0.161. The summed E-state index contributed by atoms with van der Waals surface area (Å²) in [6, 6.07) is 3.26. The Bertz CT molecular complexity index is 520.